The molecule has 2 aliphatic heterocycles. The van der Waals surface area contributed by atoms with E-state index in [9.17, 15) is 8.42 Å². The molecule has 2 fully saturated rings. The predicted octanol–water partition coefficient (Wildman–Crippen LogP) is -0.280. The quantitative estimate of drug-likeness (QED) is 0.827. The van der Waals surface area contributed by atoms with Crippen molar-refractivity contribution in [1.29, 1.82) is 0 Å². The van der Waals surface area contributed by atoms with Crippen LogP contribution in [0.3, 0.4) is 0 Å². The van der Waals surface area contributed by atoms with Gasteiger partial charge in [0.1, 0.15) is 5.82 Å². The van der Waals surface area contributed by atoms with Crippen LogP contribution in [0, 0.1) is 0 Å². The van der Waals surface area contributed by atoms with Crippen LogP contribution >= 0.6 is 0 Å². The Balaban J connectivity index is 1.68. The molecule has 116 valence electrons. The Morgan fingerprint density at radius 1 is 1.24 bits per heavy atom. The highest BCUT2D eigenvalue weighted by Gasteiger charge is 2.46. The maximum atomic E-state index is 11.8. The van der Waals surface area contributed by atoms with Crippen LogP contribution in [-0.4, -0.2) is 68.1 Å². The van der Waals surface area contributed by atoms with Gasteiger partial charge >= 0.3 is 0 Å². The van der Waals surface area contributed by atoms with Gasteiger partial charge in [-0.05, 0) is 18.6 Å². The average molecular weight is 310 g/mol. The van der Waals surface area contributed by atoms with Gasteiger partial charge in [0.05, 0.1) is 11.5 Å². The minimum atomic E-state index is -2.93. The van der Waals surface area contributed by atoms with Crippen molar-refractivity contribution in [2.45, 2.75) is 12.0 Å². The molecule has 0 spiro atoms. The van der Waals surface area contributed by atoms with Crippen molar-refractivity contribution in [3.63, 3.8) is 0 Å². The third-order valence-electron chi connectivity index (χ3n) is 4.67. The second kappa shape index (κ2) is 5.55. The molecule has 0 radical (unpaired) electrons. The molecule has 2 saturated heterocycles. The zero-order chi connectivity index (χ0) is 14.9. The lowest BCUT2D eigenvalue weighted by Crippen LogP contribution is -2.61. The average Bonchev–Trinajstić information content (AvgIpc) is 2.85. The summed E-state index contributed by atoms with van der Waals surface area (Å²) >= 11 is 0. The van der Waals surface area contributed by atoms with Gasteiger partial charge in [-0.1, -0.05) is 6.07 Å². The van der Waals surface area contributed by atoms with Crippen molar-refractivity contribution in [2.75, 3.05) is 49.1 Å². The third kappa shape index (κ3) is 2.90. The van der Waals surface area contributed by atoms with Crippen LogP contribution in [0.2, 0.25) is 0 Å². The standard InChI is InChI=1S/C14H22N4O2S/c15-11-14(4-10-21(19,20)12-14)18-8-6-17(7-9-18)13-3-1-2-5-16-13/h1-3,5H,4,6-12,15H2. The number of pyridine rings is 1. The number of nitrogens with two attached hydrogens (primary N) is 1. The van der Waals surface area contributed by atoms with Crippen molar-refractivity contribution < 1.29 is 8.42 Å². The van der Waals surface area contributed by atoms with Crippen LogP contribution < -0.4 is 10.6 Å². The van der Waals surface area contributed by atoms with Gasteiger partial charge in [-0.2, -0.15) is 0 Å². The molecule has 0 saturated carbocycles. The molecule has 1 aromatic heterocycles. The fourth-order valence-corrected chi connectivity index (χ4v) is 5.49. The minimum Gasteiger partial charge on any atom is -0.354 e. The molecule has 3 rings (SSSR count). The first-order chi connectivity index (χ1) is 10.0. The lowest BCUT2D eigenvalue weighted by Gasteiger charge is -2.45. The van der Waals surface area contributed by atoms with Crippen LogP contribution in [0.15, 0.2) is 24.4 Å². The predicted molar refractivity (Wildman–Crippen MR) is 83.1 cm³/mol. The van der Waals surface area contributed by atoms with E-state index in [1.807, 2.05) is 18.2 Å². The van der Waals surface area contributed by atoms with Crippen molar-refractivity contribution >= 4 is 15.7 Å². The SMILES string of the molecule is NCC1(N2CCN(c3ccccn3)CC2)CCS(=O)(=O)C1. The molecule has 1 unspecified atom stereocenters. The van der Waals surface area contributed by atoms with Gasteiger partial charge in [0, 0.05) is 44.5 Å². The van der Waals surface area contributed by atoms with Gasteiger partial charge in [-0.15, -0.1) is 0 Å². The summed E-state index contributed by atoms with van der Waals surface area (Å²) in [6.45, 7) is 3.81. The fraction of sp³-hybridized carbons (Fsp3) is 0.643. The van der Waals surface area contributed by atoms with E-state index in [-0.39, 0.29) is 17.0 Å². The van der Waals surface area contributed by atoms with E-state index in [0.717, 1.165) is 32.0 Å². The van der Waals surface area contributed by atoms with Gasteiger partial charge in [0.15, 0.2) is 9.84 Å². The van der Waals surface area contributed by atoms with Crippen LogP contribution in [0.1, 0.15) is 6.42 Å². The van der Waals surface area contributed by atoms with Crippen molar-refractivity contribution in [3.05, 3.63) is 24.4 Å². The van der Waals surface area contributed by atoms with Gasteiger partial charge in [0.25, 0.3) is 0 Å². The number of hydrogen-bond acceptors (Lipinski definition) is 6. The van der Waals surface area contributed by atoms with Gasteiger partial charge < -0.3 is 10.6 Å². The second-order valence-electron chi connectivity index (χ2n) is 5.93. The van der Waals surface area contributed by atoms with Crippen LogP contribution in [0.4, 0.5) is 5.82 Å². The first kappa shape index (κ1) is 14.7. The van der Waals surface area contributed by atoms with E-state index in [1.54, 1.807) is 6.20 Å². The number of anilines is 1. The topological polar surface area (TPSA) is 79.5 Å². The number of rotatable bonds is 3. The Hall–Kier alpha value is -1.18. The number of aromatic nitrogens is 1. The lowest BCUT2D eigenvalue weighted by molar-refractivity contribution is 0.108. The van der Waals surface area contributed by atoms with Crippen LogP contribution in [0.25, 0.3) is 0 Å². The second-order valence-corrected chi connectivity index (χ2v) is 8.12. The third-order valence-corrected chi connectivity index (χ3v) is 6.47. The smallest absolute Gasteiger partial charge is 0.152 e. The lowest BCUT2D eigenvalue weighted by atomic mass is 9.95. The number of sulfone groups is 1. The number of nitrogens with zero attached hydrogens (tertiary/aromatic N) is 3. The Labute approximate surface area is 125 Å². The van der Waals surface area contributed by atoms with Crippen molar-refractivity contribution in [2.24, 2.45) is 5.73 Å². The summed E-state index contributed by atoms with van der Waals surface area (Å²) in [6.07, 6.45) is 2.46. The summed E-state index contributed by atoms with van der Waals surface area (Å²) in [5.41, 5.74) is 5.58. The molecule has 1 aromatic rings. The molecular formula is C14H22N4O2S. The van der Waals surface area contributed by atoms with E-state index in [1.165, 1.54) is 0 Å². The Morgan fingerprint density at radius 2 is 2.00 bits per heavy atom. The first-order valence-corrected chi connectivity index (χ1v) is 9.18. The number of hydrogen-bond donors (Lipinski definition) is 1. The summed E-state index contributed by atoms with van der Waals surface area (Å²) in [6, 6.07) is 5.90. The molecule has 0 amide bonds. The molecule has 6 nitrogen and oxygen atoms in total. The van der Waals surface area contributed by atoms with Gasteiger partial charge in [0.2, 0.25) is 0 Å². The highest BCUT2D eigenvalue weighted by Crippen LogP contribution is 2.30. The van der Waals surface area contributed by atoms with E-state index < -0.39 is 9.84 Å². The molecule has 2 aliphatic rings. The summed E-state index contributed by atoms with van der Waals surface area (Å²) in [5, 5.41) is 0. The molecule has 1 atom stereocenters. The first-order valence-electron chi connectivity index (χ1n) is 7.36. The largest absolute Gasteiger partial charge is 0.354 e. The molecule has 0 bridgehead atoms. The van der Waals surface area contributed by atoms with Crippen molar-refractivity contribution in [1.82, 2.24) is 9.88 Å². The zero-order valence-corrected chi connectivity index (χ0v) is 12.9. The normalized spacial score (nSPS) is 29.7. The van der Waals surface area contributed by atoms with Crippen molar-refractivity contribution in [3.8, 4) is 0 Å². The molecule has 21 heavy (non-hydrogen) atoms. The van der Waals surface area contributed by atoms with Gasteiger partial charge in [-0.3, -0.25) is 4.90 Å². The Bertz CT molecular complexity index is 584. The zero-order valence-electron chi connectivity index (χ0n) is 12.1. The Kier molecular flexibility index (Phi) is 3.90. The maximum Gasteiger partial charge on any atom is 0.152 e. The number of piperazine rings is 1. The van der Waals surface area contributed by atoms with Crippen LogP contribution in [0.5, 0.6) is 0 Å². The van der Waals surface area contributed by atoms with E-state index >= 15 is 0 Å². The molecule has 0 aromatic carbocycles. The Morgan fingerprint density at radius 3 is 2.52 bits per heavy atom. The summed E-state index contributed by atoms with van der Waals surface area (Å²) in [5.74, 6) is 1.46. The molecular weight excluding hydrogens is 288 g/mol. The summed E-state index contributed by atoms with van der Waals surface area (Å²) < 4.78 is 23.7. The molecule has 3 heterocycles. The maximum absolute atomic E-state index is 11.8. The van der Waals surface area contributed by atoms with E-state index in [4.69, 9.17) is 5.73 Å². The fourth-order valence-electron chi connectivity index (χ4n) is 3.39. The van der Waals surface area contributed by atoms with E-state index in [0.29, 0.717) is 13.0 Å². The summed E-state index contributed by atoms with van der Waals surface area (Å²) in [4.78, 5) is 8.89. The van der Waals surface area contributed by atoms with Crippen LogP contribution in [-0.2, 0) is 9.84 Å². The highest BCUT2D eigenvalue weighted by molar-refractivity contribution is 7.91. The molecule has 7 heteroatoms. The van der Waals surface area contributed by atoms with E-state index in [2.05, 4.69) is 14.8 Å². The van der Waals surface area contributed by atoms with Gasteiger partial charge in [-0.25, -0.2) is 13.4 Å². The molecule has 0 aliphatic carbocycles. The minimum absolute atomic E-state index is 0.208. The summed E-state index contributed by atoms with van der Waals surface area (Å²) in [7, 11) is -2.93. The monoisotopic (exact) mass is 310 g/mol. The highest BCUT2D eigenvalue weighted by atomic mass is 32.2. The molecule has 2 N–H and O–H groups in total.